The average molecular weight is 528 g/mol. The van der Waals surface area contributed by atoms with Crippen LogP contribution in [0.2, 0.25) is 10.1 Å². The molecule has 2 saturated heterocycles. The van der Waals surface area contributed by atoms with Crippen molar-refractivity contribution in [1.82, 2.24) is 0 Å². The Bertz CT molecular complexity index is 1040. The van der Waals surface area contributed by atoms with Gasteiger partial charge in [0.05, 0.1) is 19.3 Å². The highest BCUT2D eigenvalue weighted by atomic mass is 32.2. The van der Waals surface area contributed by atoms with Crippen LogP contribution in [0.25, 0.3) is 10.4 Å². The molecule has 2 aliphatic rings. The lowest BCUT2D eigenvalue weighted by Crippen LogP contribution is -2.62. The summed E-state index contributed by atoms with van der Waals surface area (Å²) in [6, 6.07) is 19.5. The molecule has 5 atom stereocenters. The maximum Gasteiger partial charge on any atom is 0.349 e. The minimum Gasteiger partial charge on any atom is -0.391 e. The third-order valence-corrected chi connectivity index (χ3v) is 13.1. The van der Waals surface area contributed by atoms with E-state index in [0.29, 0.717) is 13.2 Å². The minimum absolute atomic E-state index is 0.240. The van der Waals surface area contributed by atoms with Crippen LogP contribution in [0.5, 0.6) is 0 Å². The van der Waals surface area contributed by atoms with Gasteiger partial charge in [0.15, 0.2) is 0 Å². The van der Waals surface area contributed by atoms with E-state index < -0.39 is 32.2 Å². The highest BCUT2D eigenvalue weighted by molar-refractivity contribution is 7.99. The summed E-state index contributed by atoms with van der Waals surface area (Å²) in [5.41, 5.74) is 10.2. The van der Waals surface area contributed by atoms with Crippen LogP contribution in [0, 0.1) is 0 Å². The zero-order valence-electron chi connectivity index (χ0n) is 22.0. The molecule has 2 heterocycles. The summed E-state index contributed by atoms with van der Waals surface area (Å²) in [6.07, 6.45) is -1.30. The van der Waals surface area contributed by atoms with Crippen LogP contribution in [0.15, 0.2) is 70.7 Å². The molecule has 194 valence electrons. The second kappa shape index (κ2) is 10.9. The number of thioether (sulfide) groups is 1. The first-order chi connectivity index (χ1) is 17.1. The van der Waals surface area contributed by atoms with Gasteiger partial charge in [0, 0.05) is 19.9 Å². The maximum atomic E-state index is 9.59. The van der Waals surface area contributed by atoms with Crippen LogP contribution in [0.3, 0.4) is 0 Å². The molecule has 0 saturated carbocycles. The van der Waals surface area contributed by atoms with E-state index >= 15 is 0 Å². The topological polar surface area (TPSA) is 85.7 Å². The largest absolute Gasteiger partial charge is 0.391 e. The average Bonchev–Trinajstić information content (AvgIpc) is 2.95. The van der Waals surface area contributed by atoms with E-state index in [1.165, 1.54) is 0 Å². The van der Waals surface area contributed by atoms with Gasteiger partial charge >= 0.3 is 8.56 Å². The minimum atomic E-state index is -2.92. The van der Waals surface area contributed by atoms with E-state index in [0.717, 1.165) is 10.5 Å². The molecule has 0 unspecified atom stereocenters. The van der Waals surface area contributed by atoms with Gasteiger partial charge in [0.25, 0.3) is 0 Å². The summed E-state index contributed by atoms with van der Waals surface area (Å²) in [6.45, 7) is 13.9. The SMILES string of the molecule is CC(C)(C)[Si]1(C(C)(C)C)OC[C@H]2O[C@H](Sc3ccccc3)[C@H](N=[N+]=[N-])[C@@H](O1)[C@@H]2OCc1ccccc1. The van der Waals surface area contributed by atoms with Crippen molar-refractivity contribution in [2.45, 2.75) is 92.9 Å². The van der Waals surface area contributed by atoms with Gasteiger partial charge in [0.2, 0.25) is 0 Å². The molecule has 4 rings (SSSR count). The molecule has 0 spiro atoms. The molecule has 0 N–H and O–H groups in total. The van der Waals surface area contributed by atoms with Gasteiger partial charge in [0.1, 0.15) is 23.7 Å². The zero-order chi connectivity index (χ0) is 26.0. The summed E-state index contributed by atoms with van der Waals surface area (Å²) in [7, 11) is -2.92. The van der Waals surface area contributed by atoms with Crippen LogP contribution in [0.4, 0.5) is 0 Å². The lowest BCUT2D eigenvalue weighted by atomic mass is 9.98. The molecular weight excluding hydrogens is 490 g/mol. The van der Waals surface area contributed by atoms with E-state index in [9.17, 15) is 5.53 Å². The fraction of sp³-hybridized carbons (Fsp3) is 0.556. The Hall–Kier alpha value is -1.84. The van der Waals surface area contributed by atoms with Gasteiger partial charge in [-0.05, 0) is 23.2 Å². The number of fused-ring (bicyclic) bond motifs is 2. The molecule has 0 radical (unpaired) electrons. The molecule has 2 aromatic carbocycles. The molecule has 2 aliphatic heterocycles. The third kappa shape index (κ3) is 5.53. The van der Waals surface area contributed by atoms with Crippen molar-refractivity contribution in [3.63, 3.8) is 0 Å². The Morgan fingerprint density at radius 2 is 1.61 bits per heavy atom. The Balaban J connectivity index is 1.74. The van der Waals surface area contributed by atoms with Crippen molar-refractivity contribution in [3.05, 3.63) is 76.7 Å². The van der Waals surface area contributed by atoms with Crippen molar-refractivity contribution < 1.29 is 18.3 Å². The van der Waals surface area contributed by atoms with E-state index in [4.69, 9.17) is 18.3 Å². The Kier molecular flexibility index (Phi) is 8.21. The first kappa shape index (κ1) is 27.2. The van der Waals surface area contributed by atoms with Gasteiger partial charge < -0.3 is 18.3 Å². The van der Waals surface area contributed by atoms with Crippen molar-refractivity contribution in [2.75, 3.05) is 6.61 Å². The van der Waals surface area contributed by atoms with E-state index in [1.54, 1.807) is 11.8 Å². The lowest BCUT2D eigenvalue weighted by Gasteiger charge is -2.50. The molecular formula is C27H37N3O4SSi. The van der Waals surface area contributed by atoms with Crippen LogP contribution in [-0.4, -0.2) is 45.0 Å². The normalized spacial score (nSPS) is 28.1. The standard InChI is InChI=1S/C27H37N3O4SSi/c1-26(2,3)36(27(4,5)6)32-18-21-23(31-17-19-13-9-7-10-14-19)24(34-36)22(29-30-28)25(33-21)35-20-15-11-8-12-16-20/h7-16,21-25H,17-18H2,1-6H3/t21-,22-,23-,24-,25-/m1/s1. The summed E-state index contributed by atoms with van der Waals surface area (Å²) in [5.74, 6) is 0. The number of azide groups is 1. The van der Waals surface area contributed by atoms with Gasteiger partial charge in [-0.2, -0.15) is 0 Å². The molecule has 0 amide bonds. The fourth-order valence-corrected chi connectivity index (χ4v) is 11.5. The second-order valence-corrected chi connectivity index (χ2v) is 17.4. The van der Waals surface area contributed by atoms with Gasteiger partial charge in [-0.25, -0.2) is 0 Å². The smallest absolute Gasteiger partial charge is 0.349 e. The third-order valence-electron chi connectivity index (χ3n) is 6.81. The number of nitrogens with zero attached hydrogens (tertiary/aromatic N) is 3. The Labute approximate surface area is 219 Å². The summed E-state index contributed by atoms with van der Waals surface area (Å²) in [5, 5.41) is 3.77. The number of benzene rings is 2. The van der Waals surface area contributed by atoms with Crippen molar-refractivity contribution in [2.24, 2.45) is 5.11 Å². The molecule has 9 heteroatoms. The monoisotopic (exact) mass is 527 g/mol. The molecule has 36 heavy (non-hydrogen) atoms. The van der Waals surface area contributed by atoms with Crippen molar-refractivity contribution >= 4 is 20.3 Å². The lowest BCUT2D eigenvalue weighted by molar-refractivity contribution is -0.170. The predicted octanol–water partition coefficient (Wildman–Crippen LogP) is 7.23. The Morgan fingerprint density at radius 3 is 2.19 bits per heavy atom. The molecule has 2 bridgehead atoms. The molecule has 0 aliphatic carbocycles. The van der Waals surface area contributed by atoms with E-state index in [-0.39, 0.29) is 16.2 Å². The molecule has 0 aromatic heterocycles. The summed E-state index contributed by atoms with van der Waals surface area (Å²) < 4.78 is 27.1. The summed E-state index contributed by atoms with van der Waals surface area (Å²) >= 11 is 1.55. The van der Waals surface area contributed by atoms with Crippen LogP contribution in [-0.2, 0) is 24.9 Å². The maximum absolute atomic E-state index is 9.59. The quantitative estimate of drug-likeness (QED) is 0.171. The number of hydrogen-bond acceptors (Lipinski definition) is 6. The number of ether oxygens (including phenoxy) is 2. The second-order valence-electron chi connectivity index (χ2n) is 11.4. The van der Waals surface area contributed by atoms with Crippen LogP contribution < -0.4 is 0 Å². The highest BCUT2D eigenvalue weighted by Gasteiger charge is 2.64. The number of rotatable bonds is 6. The van der Waals surface area contributed by atoms with E-state index in [2.05, 4.69) is 51.6 Å². The predicted molar refractivity (Wildman–Crippen MR) is 145 cm³/mol. The fourth-order valence-electron chi connectivity index (χ4n) is 5.38. The van der Waals surface area contributed by atoms with Crippen molar-refractivity contribution in [1.29, 1.82) is 0 Å². The Morgan fingerprint density at radius 1 is 1.00 bits per heavy atom. The van der Waals surface area contributed by atoms with Crippen molar-refractivity contribution in [3.8, 4) is 0 Å². The zero-order valence-corrected chi connectivity index (χ0v) is 23.8. The highest BCUT2D eigenvalue weighted by Crippen LogP contribution is 2.55. The summed E-state index contributed by atoms with van der Waals surface area (Å²) in [4.78, 5) is 4.26. The van der Waals surface area contributed by atoms with Crippen LogP contribution in [0.1, 0.15) is 47.1 Å². The van der Waals surface area contributed by atoms with Gasteiger partial charge in [-0.1, -0.05) is 107 Å². The van der Waals surface area contributed by atoms with Crippen LogP contribution >= 0.6 is 11.8 Å². The van der Waals surface area contributed by atoms with Gasteiger partial charge in [-0.3, -0.25) is 0 Å². The first-order valence-corrected chi connectivity index (χ1v) is 15.1. The molecule has 2 fully saturated rings. The number of hydrogen-bond donors (Lipinski definition) is 0. The molecule has 2 aromatic rings. The molecule has 7 nitrogen and oxygen atoms in total. The first-order valence-electron chi connectivity index (χ1n) is 12.4. The van der Waals surface area contributed by atoms with Gasteiger partial charge in [-0.15, -0.1) is 0 Å². The van der Waals surface area contributed by atoms with E-state index in [1.807, 2.05) is 60.7 Å².